The van der Waals surface area contributed by atoms with Gasteiger partial charge in [-0.05, 0) is 6.58 Å². The fourth-order valence-electron chi connectivity index (χ4n) is 0.134. The maximum absolute atomic E-state index is 10.1. The Balaban J connectivity index is 3.16. The Morgan fingerprint density at radius 3 is 2.33 bits per heavy atom. The molecule has 0 bridgehead atoms. The van der Waals surface area contributed by atoms with Gasteiger partial charge in [0.15, 0.2) is 0 Å². The van der Waals surface area contributed by atoms with Gasteiger partial charge in [-0.2, -0.15) is 10.5 Å². The molecule has 2 unspecified atom stereocenters. The summed E-state index contributed by atoms with van der Waals surface area (Å²) < 4.78 is 0. The lowest BCUT2D eigenvalue weighted by molar-refractivity contribution is -1.22. The van der Waals surface area contributed by atoms with E-state index in [0.717, 1.165) is 13.2 Å². The minimum Gasteiger partial charge on any atom is -0.598 e. The van der Waals surface area contributed by atoms with Crippen LogP contribution in [0.1, 0.15) is 0 Å². The summed E-state index contributed by atoms with van der Waals surface area (Å²) in [7, 11) is 1.12. The van der Waals surface area contributed by atoms with Crippen molar-refractivity contribution in [2.45, 2.75) is 0 Å². The monoisotopic (exact) mass is 136 g/mol. The first-order chi connectivity index (χ1) is 4.16. The smallest absolute Gasteiger partial charge is 0.123 e. The maximum atomic E-state index is 10.1. The molecule has 0 amide bonds. The summed E-state index contributed by atoms with van der Waals surface area (Å²) in [6.07, 6.45) is 0.892. The Hall–Kier alpha value is -0.500. The van der Waals surface area contributed by atoms with Gasteiger partial charge in [0.25, 0.3) is 0 Å². The van der Waals surface area contributed by atoms with E-state index in [9.17, 15) is 10.4 Å². The van der Waals surface area contributed by atoms with Crippen LogP contribution in [0.5, 0.6) is 0 Å². The maximum Gasteiger partial charge on any atom is 0.123 e. The molecule has 0 aliphatic rings. The highest BCUT2D eigenvalue weighted by molar-refractivity contribution is 4.40. The molecule has 6 nitrogen and oxygen atoms in total. The quantitative estimate of drug-likeness (QED) is 0.326. The van der Waals surface area contributed by atoms with Crippen molar-refractivity contribution in [2.75, 3.05) is 7.05 Å². The van der Waals surface area contributed by atoms with Gasteiger partial charge in [0, 0.05) is 9.98 Å². The van der Waals surface area contributed by atoms with Crippen molar-refractivity contribution in [3.63, 3.8) is 0 Å². The Bertz CT molecular complexity index is 85.9. The van der Waals surface area contributed by atoms with Gasteiger partial charge in [-0.15, -0.1) is 0 Å². The van der Waals surface area contributed by atoms with E-state index in [1.807, 2.05) is 0 Å². The van der Waals surface area contributed by atoms with Crippen molar-refractivity contribution >= 4 is 0 Å². The molecular weight excluding hydrogens is 128 g/mol. The van der Waals surface area contributed by atoms with Gasteiger partial charge in [-0.1, -0.05) is 0 Å². The van der Waals surface area contributed by atoms with Crippen LogP contribution in [0.25, 0.3) is 0 Å². The van der Waals surface area contributed by atoms with Crippen molar-refractivity contribution in [1.82, 2.24) is 0 Å². The second-order valence-corrected chi connectivity index (χ2v) is 1.18. The SMILES string of the molecule is C=C[NH+]([O-])OO[NH+](C)[O-]. The predicted octanol–water partition coefficient (Wildman–Crippen LogP) is -2.70. The number of hydrogen-bond donors (Lipinski definition) is 2. The minimum atomic E-state index is -0.787. The summed E-state index contributed by atoms with van der Waals surface area (Å²) in [5.41, 5.74) is 0. The molecule has 0 aliphatic carbocycles. The molecule has 2 N–H and O–H groups in total. The van der Waals surface area contributed by atoms with Crippen LogP contribution < -0.4 is 10.5 Å². The van der Waals surface area contributed by atoms with Crippen LogP contribution in [-0.2, 0) is 9.98 Å². The molecule has 0 fully saturated rings. The molecule has 0 aromatic heterocycles. The molecule has 0 heterocycles. The van der Waals surface area contributed by atoms with Crippen LogP contribution in [0.2, 0.25) is 0 Å². The van der Waals surface area contributed by atoms with Crippen LogP contribution in [-0.4, -0.2) is 7.05 Å². The van der Waals surface area contributed by atoms with Crippen molar-refractivity contribution in [1.29, 1.82) is 0 Å². The zero-order valence-corrected chi connectivity index (χ0v) is 4.92. The Labute approximate surface area is 51.9 Å². The number of quaternary nitrogens is 2. The standard InChI is InChI=1S/C3H8N2O4/c1-3-5(7)9-8-4(2)6/h3-5H,1H2,2H3. The molecule has 0 saturated carbocycles. The minimum absolute atomic E-state index is 0.676. The van der Waals surface area contributed by atoms with Gasteiger partial charge in [0.2, 0.25) is 0 Å². The molecule has 0 aromatic carbocycles. The molecule has 0 rings (SSSR count). The van der Waals surface area contributed by atoms with Crippen LogP contribution in [0.4, 0.5) is 0 Å². The molecule has 6 heteroatoms. The lowest BCUT2D eigenvalue weighted by Gasteiger charge is -2.14. The molecule has 54 valence electrons. The highest BCUT2D eigenvalue weighted by atomic mass is 17.4. The van der Waals surface area contributed by atoms with Gasteiger partial charge in [-0.25, -0.2) is 0 Å². The summed E-state index contributed by atoms with van der Waals surface area (Å²) in [6, 6.07) is 0. The topological polar surface area (TPSA) is 73.5 Å². The third-order valence-corrected chi connectivity index (χ3v) is 0.408. The van der Waals surface area contributed by atoms with Crippen LogP contribution in [0.15, 0.2) is 12.8 Å². The summed E-state index contributed by atoms with van der Waals surface area (Å²) in [6.45, 7) is 3.07. The third-order valence-electron chi connectivity index (χ3n) is 0.408. The molecule has 2 atom stereocenters. The van der Waals surface area contributed by atoms with Crippen LogP contribution >= 0.6 is 0 Å². The number of nitrogens with one attached hydrogen (secondary N) is 2. The lowest BCUT2D eigenvalue weighted by Crippen LogP contribution is -3.10. The molecule has 0 spiro atoms. The average Bonchev–Trinajstić information content (AvgIpc) is 1.83. The zero-order valence-electron chi connectivity index (χ0n) is 4.92. The van der Waals surface area contributed by atoms with Gasteiger partial charge < -0.3 is 10.4 Å². The number of hydrogen-bond acceptors (Lipinski definition) is 4. The van der Waals surface area contributed by atoms with Crippen LogP contribution in [0.3, 0.4) is 0 Å². The summed E-state index contributed by atoms with van der Waals surface area (Å²) in [5, 5.41) is 18.6. The first-order valence-corrected chi connectivity index (χ1v) is 2.18. The molecule has 9 heavy (non-hydrogen) atoms. The molecule has 0 radical (unpaired) electrons. The Morgan fingerprint density at radius 1 is 1.44 bits per heavy atom. The van der Waals surface area contributed by atoms with Crippen molar-refractivity contribution < 1.29 is 20.4 Å². The summed E-state index contributed by atoms with van der Waals surface area (Å²) in [4.78, 5) is 7.68. The normalized spacial score (nSPS) is 16.8. The van der Waals surface area contributed by atoms with E-state index in [2.05, 4.69) is 16.6 Å². The lowest BCUT2D eigenvalue weighted by atomic mass is 11.1. The van der Waals surface area contributed by atoms with Crippen molar-refractivity contribution in [3.05, 3.63) is 23.2 Å². The average molecular weight is 136 g/mol. The van der Waals surface area contributed by atoms with Gasteiger partial charge in [0.1, 0.15) is 6.20 Å². The Morgan fingerprint density at radius 2 is 2.00 bits per heavy atom. The fourth-order valence-corrected chi connectivity index (χ4v) is 0.134. The first-order valence-electron chi connectivity index (χ1n) is 2.18. The van der Waals surface area contributed by atoms with E-state index < -0.39 is 10.5 Å². The summed E-state index contributed by atoms with van der Waals surface area (Å²) >= 11 is 0. The Kier molecular flexibility index (Phi) is 4.14. The van der Waals surface area contributed by atoms with E-state index in [0.29, 0.717) is 0 Å². The van der Waals surface area contributed by atoms with E-state index in [-0.39, 0.29) is 0 Å². The van der Waals surface area contributed by atoms with Crippen molar-refractivity contribution in [3.8, 4) is 0 Å². The van der Waals surface area contributed by atoms with Crippen molar-refractivity contribution in [2.24, 2.45) is 0 Å². The van der Waals surface area contributed by atoms with Crippen LogP contribution in [0, 0.1) is 10.4 Å². The molecular formula is C3H8N2O4. The molecule has 0 aliphatic heterocycles. The van der Waals surface area contributed by atoms with Gasteiger partial charge >= 0.3 is 0 Å². The molecule has 0 saturated heterocycles. The van der Waals surface area contributed by atoms with E-state index in [1.165, 1.54) is 0 Å². The largest absolute Gasteiger partial charge is 0.598 e. The zero-order chi connectivity index (χ0) is 7.28. The van der Waals surface area contributed by atoms with Gasteiger partial charge in [-0.3, -0.25) is 0 Å². The highest BCUT2D eigenvalue weighted by Gasteiger charge is 1.93. The highest BCUT2D eigenvalue weighted by Crippen LogP contribution is 1.48. The second kappa shape index (κ2) is 4.39. The molecule has 0 aromatic rings. The number of hydroxylamine groups is 4. The summed E-state index contributed by atoms with van der Waals surface area (Å²) in [5.74, 6) is 0. The number of rotatable bonds is 4. The van der Waals surface area contributed by atoms with E-state index >= 15 is 0 Å². The van der Waals surface area contributed by atoms with E-state index in [1.54, 1.807) is 0 Å². The fraction of sp³-hybridized carbons (Fsp3) is 0.333. The predicted molar refractivity (Wildman–Crippen MR) is 27.0 cm³/mol. The van der Waals surface area contributed by atoms with Gasteiger partial charge in [0.05, 0.1) is 7.05 Å². The van der Waals surface area contributed by atoms with E-state index in [4.69, 9.17) is 0 Å². The second-order valence-electron chi connectivity index (χ2n) is 1.18. The third kappa shape index (κ3) is 5.37. The first kappa shape index (κ1) is 8.50.